The van der Waals surface area contributed by atoms with E-state index >= 15 is 0 Å². The van der Waals surface area contributed by atoms with E-state index in [1.54, 1.807) is 0 Å². The lowest BCUT2D eigenvalue weighted by atomic mass is 9.98. The minimum absolute atomic E-state index is 0.836. The maximum Gasteiger partial charge on any atom is -0.0232 e. The highest BCUT2D eigenvalue weighted by molar-refractivity contribution is 7.23. The summed E-state index contributed by atoms with van der Waals surface area (Å²) in [5.41, 5.74) is 4.39. The standard InChI is InChI=1S/C19H24P2/c1-13(8-10-17(5)20)15(3)12-16(4)19(7)14(2)9-11-18(6)21/h8-12H,1-3,5-7,20-21H2,4H3/b10-8-,11-9-,16-12-. The number of rotatable bonds is 8. The smallest absolute Gasteiger partial charge is 0.0232 e. The van der Waals surface area contributed by atoms with E-state index in [9.17, 15) is 0 Å². The summed E-state index contributed by atoms with van der Waals surface area (Å²) in [6.07, 6.45) is 9.49. The number of hydrogen-bond donors (Lipinski definition) is 0. The molecular formula is C19H24P2. The lowest BCUT2D eigenvalue weighted by Gasteiger charge is -2.08. The van der Waals surface area contributed by atoms with Crippen molar-refractivity contribution in [2.45, 2.75) is 6.92 Å². The number of hydrogen-bond acceptors (Lipinski definition) is 0. The molecule has 0 nitrogen and oxygen atoms in total. The van der Waals surface area contributed by atoms with Gasteiger partial charge in [0.05, 0.1) is 0 Å². The summed E-state index contributed by atoms with van der Waals surface area (Å²) >= 11 is 0. The second-order valence-electron chi connectivity index (χ2n) is 4.70. The average molecular weight is 314 g/mol. The summed E-state index contributed by atoms with van der Waals surface area (Å²) < 4.78 is 0. The Hall–Kier alpha value is -1.48. The van der Waals surface area contributed by atoms with Gasteiger partial charge in [-0.05, 0) is 45.4 Å². The predicted octanol–water partition coefficient (Wildman–Crippen LogP) is 6.05. The Kier molecular flexibility index (Phi) is 8.79. The Morgan fingerprint density at radius 2 is 1.10 bits per heavy atom. The van der Waals surface area contributed by atoms with Crippen LogP contribution in [0.2, 0.25) is 0 Å². The molecular weight excluding hydrogens is 290 g/mol. The van der Waals surface area contributed by atoms with Gasteiger partial charge in [-0.2, -0.15) is 0 Å². The molecule has 0 saturated carbocycles. The minimum atomic E-state index is 0.836. The Balaban J connectivity index is 4.95. The number of allylic oxidation sites excluding steroid dienone is 12. The second kappa shape index (κ2) is 9.46. The summed E-state index contributed by atoms with van der Waals surface area (Å²) in [5, 5.41) is 1.79. The van der Waals surface area contributed by atoms with Crippen LogP contribution in [-0.4, -0.2) is 0 Å². The van der Waals surface area contributed by atoms with Gasteiger partial charge in [0.1, 0.15) is 0 Å². The Labute approximate surface area is 134 Å². The molecule has 0 aliphatic carbocycles. The van der Waals surface area contributed by atoms with Gasteiger partial charge in [0.15, 0.2) is 0 Å². The van der Waals surface area contributed by atoms with Gasteiger partial charge < -0.3 is 0 Å². The van der Waals surface area contributed by atoms with E-state index in [-0.39, 0.29) is 0 Å². The van der Waals surface area contributed by atoms with E-state index in [1.165, 1.54) is 0 Å². The van der Waals surface area contributed by atoms with Crippen molar-refractivity contribution < 1.29 is 0 Å². The monoisotopic (exact) mass is 314 g/mol. The van der Waals surface area contributed by atoms with E-state index in [0.29, 0.717) is 0 Å². The zero-order valence-electron chi connectivity index (χ0n) is 12.8. The fourth-order valence-corrected chi connectivity index (χ4v) is 1.51. The van der Waals surface area contributed by atoms with Crippen LogP contribution >= 0.6 is 18.5 Å². The van der Waals surface area contributed by atoms with Crippen molar-refractivity contribution in [3.63, 3.8) is 0 Å². The molecule has 0 heterocycles. The van der Waals surface area contributed by atoms with Crippen LogP contribution in [0.1, 0.15) is 6.92 Å². The maximum atomic E-state index is 4.06. The highest BCUT2D eigenvalue weighted by Gasteiger charge is 2.01. The zero-order valence-corrected chi connectivity index (χ0v) is 15.1. The van der Waals surface area contributed by atoms with E-state index in [2.05, 4.69) is 58.0 Å². The molecule has 0 fully saturated rings. The van der Waals surface area contributed by atoms with Crippen molar-refractivity contribution in [1.82, 2.24) is 0 Å². The van der Waals surface area contributed by atoms with Crippen LogP contribution in [-0.2, 0) is 0 Å². The van der Waals surface area contributed by atoms with Crippen LogP contribution in [0.4, 0.5) is 0 Å². The van der Waals surface area contributed by atoms with E-state index < -0.39 is 0 Å². The lowest BCUT2D eigenvalue weighted by molar-refractivity contribution is 1.38. The zero-order chi connectivity index (χ0) is 16.6. The summed E-state index contributed by atoms with van der Waals surface area (Å²) in [7, 11) is 5.06. The topological polar surface area (TPSA) is 0 Å². The van der Waals surface area contributed by atoms with Crippen molar-refractivity contribution in [3.8, 4) is 0 Å². The van der Waals surface area contributed by atoms with Crippen molar-refractivity contribution in [1.29, 1.82) is 0 Å². The van der Waals surface area contributed by atoms with Crippen LogP contribution in [0, 0.1) is 0 Å². The van der Waals surface area contributed by atoms with Crippen LogP contribution in [0.15, 0.2) is 108 Å². The summed E-state index contributed by atoms with van der Waals surface area (Å²) in [4.78, 5) is 0. The van der Waals surface area contributed by atoms with Crippen LogP contribution < -0.4 is 0 Å². The largest absolute Gasteiger partial charge is 0.106 e. The SMILES string of the molecule is C=C(P)/C=C\C(=C)C(=C)/C=C(/C)C(=C)C(=C)/C=C\C(=C)P. The molecule has 0 N–H and O–H groups in total. The molecule has 2 unspecified atom stereocenters. The second-order valence-corrected chi connectivity index (χ2v) is 6.18. The first-order chi connectivity index (χ1) is 9.65. The molecule has 0 aromatic rings. The van der Waals surface area contributed by atoms with Gasteiger partial charge in [0, 0.05) is 0 Å². The first-order valence-electron chi connectivity index (χ1n) is 6.35. The fraction of sp³-hybridized carbons (Fsp3) is 0.0526. The van der Waals surface area contributed by atoms with Gasteiger partial charge in [0.25, 0.3) is 0 Å². The highest BCUT2D eigenvalue weighted by Crippen LogP contribution is 2.21. The van der Waals surface area contributed by atoms with E-state index in [4.69, 9.17) is 0 Å². The molecule has 0 bridgehead atoms. The van der Waals surface area contributed by atoms with Crippen LogP contribution in [0.25, 0.3) is 0 Å². The lowest BCUT2D eigenvalue weighted by Crippen LogP contribution is -1.88. The normalized spacial score (nSPS) is 11.7. The highest BCUT2D eigenvalue weighted by atomic mass is 31.0. The fourth-order valence-electron chi connectivity index (χ4n) is 1.32. The van der Waals surface area contributed by atoms with Crippen molar-refractivity contribution in [2.24, 2.45) is 0 Å². The van der Waals surface area contributed by atoms with E-state index in [0.717, 1.165) is 38.5 Å². The third-order valence-electron chi connectivity index (χ3n) is 2.66. The average Bonchev–Trinajstić information content (AvgIpc) is 2.40. The molecule has 0 rings (SSSR count). The van der Waals surface area contributed by atoms with Crippen LogP contribution in [0.3, 0.4) is 0 Å². The first-order valence-corrected chi connectivity index (χ1v) is 7.50. The third-order valence-corrected chi connectivity index (χ3v) is 3.05. The molecule has 0 aromatic heterocycles. The summed E-state index contributed by atoms with van der Waals surface area (Å²) in [6.45, 7) is 25.6. The molecule has 0 amide bonds. The molecule has 2 atom stereocenters. The molecule has 0 spiro atoms. The molecule has 0 aliphatic rings. The Morgan fingerprint density at radius 1 is 0.667 bits per heavy atom. The maximum absolute atomic E-state index is 4.06. The van der Waals surface area contributed by atoms with E-state index in [1.807, 2.05) is 37.3 Å². The quantitative estimate of drug-likeness (QED) is 0.378. The Bertz CT molecular complexity index is 593. The summed E-state index contributed by atoms with van der Waals surface area (Å²) in [5.74, 6) is 0. The van der Waals surface area contributed by atoms with Gasteiger partial charge in [-0.3, -0.25) is 0 Å². The minimum Gasteiger partial charge on any atom is -0.106 e. The molecule has 0 aromatic carbocycles. The van der Waals surface area contributed by atoms with Gasteiger partial charge in [-0.15, -0.1) is 18.5 Å². The molecule has 21 heavy (non-hydrogen) atoms. The van der Waals surface area contributed by atoms with Gasteiger partial charge >= 0.3 is 0 Å². The molecule has 0 saturated heterocycles. The molecule has 2 heteroatoms. The third kappa shape index (κ3) is 8.41. The predicted molar refractivity (Wildman–Crippen MR) is 106 cm³/mol. The van der Waals surface area contributed by atoms with Crippen molar-refractivity contribution >= 4 is 18.5 Å². The molecule has 0 radical (unpaired) electrons. The molecule has 110 valence electrons. The van der Waals surface area contributed by atoms with Crippen molar-refractivity contribution in [2.75, 3.05) is 0 Å². The Morgan fingerprint density at radius 3 is 1.52 bits per heavy atom. The van der Waals surface area contributed by atoms with Gasteiger partial charge in [-0.25, -0.2) is 0 Å². The van der Waals surface area contributed by atoms with Gasteiger partial charge in [0.2, 0.25) is 0 Å². The van der Waals surface area contributed by atoms with Crippen LogP contribution in [0.5, 0.6) is 0 Å². The first kappa shape index (κ1) is 19.5. The summed E-state index contributed by atoms with van der Waals surface area (Å²) in [6, 6.07) is 0. The molecule has 0 aliphatic heterocycles. The van der Waals surface area contributed by atoms with Gasteiger partial charge in [-0.1, -0.05) is 69.9 Å². The van der Waals surface area contributed by atoms with Crippen molar-refractivity contribution in [3.05, 3.63) is 108 Å².